The molecule has 0 saturated carbocycles. The van der Waals surface area contributed by atoms with Crippen LogP contribution in [0.25, 0.3) is 0 Å². The van der Waals surface area contributed by atoms with Crippen LogP contribution in [0.1, 0.15) is 25.2 Å². The Hall–Kier alpha value is -0.720. The quantitative estimate of drug-likeness (QED) is 0.800. The monoisotopic (exact) mass is 291 g/mol. The van der Waals surface area contributed by atoms with Crippen LogP contribution in [0.5, 0.6) is 0 Å². The van der Waals surface area contributed by atoms with Crippen LogP contribution in [0.3, 0.4) is 0 Å². The van der Waals surface area contributed by atoms with Crippen molar-refractivity contribution >= 4 is 29.3 Å². The molecule has 18 heavy (non-hydrogen) atoms. The second kappa shape index (κ2) is 7.01. The summed E-state index contributed by atoms with van der Waals surface area (Å²) in [6.45, 7) is 4.76. The summed E-state index contributed by atoms with van der Waals surface area (Å²) in [7, 11) is 0. The average molecular weight is 292 g/mol. The summed E-state index contributed by atoms with van der Waals surface area (Å²) >= 11 is 7.70. The molecule has 0 bridgehead atoms. The van der Waals surface area contributed by atoms with Gasteiger partial charge < -0.3 is 10.8 Å². The smallest absolute Gasteiger partial charge is 0.321 e. The molecular weight excluding hydrogens is 274 g/mol. The van der Waals surface area contributed by atoms with Crippen molar-refractivity contribution in [3.8, 4) is 0 Å². The number of nitrogens with two attached hydrogens (primary N) is 1. The Morgan fingerprint density at radius 2 is 2.28 bits per heavy atom. The van der Waals surface area contributed by atoms with E-state index in [0.717, 1.165) is 24.4 Å². The number of hydrogen-bond acceptors (Lipinski definition) is 4. The van der Waals surface area contributed by atoms with Crippen LogP contribution < -0.4 is 5.73 Å². The first kappa shape index (κ1) is 15.3. The molecule has 0 aliphatic rings. The number of hydrogen-bond donors (Lipinski definition) is 2. The minimum atomic E-state index is -0.980. The van der Waals surface area contributed by atoms with Crippen LogP contribution in [0.15, 0.2) is 0 Å². The Morgan fingerprint density at radius 3 is 2.78 bits per heavy atom. The molecule has 0 saturated heterocycles. The van der Waals surface area contributed by atoms with Gasteiger partial charge in [-0.3, -0.25) is 9.48 Å². The third-order valence-corrected chi connectivity index (χ3v) is 4.06. The Bertz CT molecular complexity index is 423. The second-order valence-corrected chi connectivity index (χ2v) is 5.24. The van der Waals surface area contributed by atoms with Gasteiger partial charge in [0.25, 0.3) is 0 Å². The SMILES string of the molecule is CCc1nn(CC)c(CSC[C@H](N)C(=O)O)c1Cl. The van der Waals surface area contributed by atoms with E-state index in [1.54, 1.807) is 0 Å². The van der Waals surface area contributed by atoms with Gasteiger partial charge in [-0.15, -0.1) is 0 Å². The first-order chi connectivity index (χ1) is 8.51. The van der Waals surface area contributed by atoms with Crippen molar-refractivity contribution in [2.75, 3.05) is 5.75 Å². The van der Waals surface area contributed by atoms with Crippen molar-refractivity contribution in [2.24, 2.45) is 5.73 Å². The van der Waals surface area contributed by atoms with Gasteiger partial charge in [0.2, 0.25) is 0 Å². The predicted molar refractivity (Wildman–Crippen MR) is 74.1 cm³/mol. The molecule has 0 fully saturated rings. The molecule has 3 N–H and O–H groups in total. The highest BCUT2D eigenvalue weighted by atomic mass is 35.5. The Morgan fingerprint density at radius 1 is 1.61 bits per heavy atom. The maximum absolute atomic E-state index is 10.6. The molecule has 7 heteroatoms. The number of aromatic nitrogens is 2. The fourth-order valence-corrected chi connectivity index (χ4v) is 2.93. The van der Waals surface area contributed by atoms with E-state index in [9.17, 15) is 4.79 Å². The van der Waals surface area contributed by atoms with Crippen LogP contribution in [0.4, 0.5) is 0 Å². The fraction of sp³-hybridized carbons (Fsp3) is 0.636. The average Bonchev–Trinajstić information content (AvgIpc) is 2.65. The van der Waals surface area contributed by atoms with E-state index in [4.69, 9.17) is 22.4 Å². The van der Waals surface area contributed by atoms with Crippen molar-refractivity contribution in [2.45, 2.75) is 38.6 Å². The predicted octanol–water partition coefficient (Wildman–Crippen LogP) is 1.76. The van der Waals surface area contributed by atoms with E-state index in [-0.39, 0.29) is 0 Å². The van der Waals surface area contributed by atoms with E-state index in [1.807, 2.05) is 18.5 Å². The van der Waals surface area contributed by atoms with Crippen LogP contribution in [0.2, 0.25) is 5.02 Å². The van der Waals surface area contributed by atoms with Gasteiger partial charge in [-0.1, -0.05) is 18.5 Å². The summed E-state index contributed by atoms with van der Waals surface area (Å²) in [5.41, 5.74) is 7.27. The number of aliphatic carboxylic acids is 1. The molecule has 1 aromatic heterocycles. The molecule has 0 aliphatic carbocycles. The summed E-state index contributed by atoms with van der Waals surface area (Å²) in [5, 5.41) is 13.8. The summed E-state index contributed by atoms with van der Waals surface area (Å²) in [6, 6.07) is -0.836. The molecule has 0 radical (unpaired) electrons. The van der Waals surface area contributed by atoms with Gasteiger partial charge in [-0.05, 0) is 13.3 Å². The standard InChI is InChI=1S/C11H18ClN3O2S/c1-3-8-10(12)9(15(4-2)14-8)6-18-5-7(13)11(16)17/h7H,3-6,13H2,1-2H3,(H,16,17)/t7-/m0/s1. The topological polar surface area (TPSA) is 81.1 Å². The van der Waals surface area contributed by atoms with Gasteiger partial charge in [0.1, 0.15) is 6.04 Å². The lowest BCUT2D eigenvalue weighted by Gasteiger charge is -2.07. The van der Waals surface area contributed by atoms with Crippen molar-refractivity contribution < 1.29 is 9.90 Å². The summed E-state index contributed by atoms with van der Waals surface area (Å²) < 4.78 is 1.86. The van der Waals surface area contributed by atoms with Crippen molar-refractivity contribution in [3.63, 3.8) is 0 Å². The molecule has 5 nitrogen and oxygen atoms in total. The number of carbonyl (C=O) groups is 1. The number of carboxylic acid groups (broad SMARTS) is 1. The first-order valence-corrected chi connectivity index (χ1v) is 7.34. The maximum Gasteiger partial charge on any atom is 0.321 e. The number of rotatable bonds is 7. The highest BCUT2D eigenvalue weighted by Crippen LogP contribution is 2.25. The molecule has 1 atom stereocenters. The summed E-state index contributed by atoms with van der Waals surface area (Å²) in [4.78, 5) is 10.6. The second-order valence-electron chi connectivity index (χ2n) is 3.84. The van der Waals surface area contributed by atoms with Crippen LogP contribution in [-0.2, 0) is 23.5 Å². The van der Waals surface area contributed by atoms with Gasteiger partial charge in [0.15, 0.2) is 0 Å². The molecule has 0 unspecified atom stereocenters. The molecule has 0 amide bonds. The van der Waals surface area contributed by atoms with Crippen LogP contribution >= 0.6 is 23.4 Å². The first-order valence-electron chi connectivity index (χ1n) is 5.81. The van der Waals surface area contributed by atoms with Crippen molar-refractivity contribution in [1.82, 2.24) is 9.78 Å². The number of carboxylic acids is 1. The number of halogens is 1. The normalized spacial score (nSPS) is 12.7. The molecular formula is C11H18ClN3O2S. The molecule has 0 aliphatic heterocycles. The van der Waals surface area contributed by atoms with Crippen molar-refractivity contribution in [3.05, 3.63) is 16.4 Å². The summed E-state index contributed by atoms with van der Waals surface area (Å²) in [5.74, 6) is 0.00898. The lowest BCUT2D eigenvalue weighted by atomic mass is 10.3. The summed E-state index contributed by atoms with van der Waals surface area (Å²) in [6.07, 6.45) is 0.790. The van der Waals surface area contributed by atoms with E-state index in [1.165, 1.54) is 11.8 Å². The van der Waals surface area contributed by atoms with Crippen LogP contribution in [0, 0.1) is 0 Å². The highest BCUT2D eigenvalue weighted by molar-refractivity contribution is 7.98. The zero-order valence-electron chi connectivity index (χ0n) is 10.5. The third kappa shape index (κ3) is 3.63. The molecule has 1 rings (SSSR count). The van der Waals surface area contributed by atoms with E-state index in [0.29, 0.717) is 16.5 Å². The zero-order chi connectivity index (χ0) is 13.7. The lowest BCUT2D eigenvalue weighted by Crippen LogP contribution is -2.32. The lowest BCUT2D eigenvalue weighted by molar-refractivity contribution is -0.137. The number of thioether (sulfide) groups is 1. The van der Waals surface area contributed by atoms with E-state index >= 15 is 0 Å². The van der Waals surface area contributed by atoms with Gasteiger partial charge >= 0.3 is 5.97 Å². The molecule has 0 aromatic carbocycles. The third-order valence-electron chi connectivity index (χ3n) is 2.55. The Balaban J connectivity index is 2.66. The largest absolute Gasteiger partial charge is 0.480 e. The van der Waals surface area contributed by atoms with Crippen molar-refractivity contribution in [1.29, 1.82) is 0 Å². The van der Waals surface area contributed by atoms with Gasteiger partial charge in [-0.25, -0.2) is 0 Å². The van der Waals surface area contributed by atoms with Gasteiger partial charge in [-0.2, -0.15) is 16.9 Å². The minimum absolute atomic E-state index is 0.363. The molecule has 0 spiro atoms. The van der Waals surface area contributed by atoms with E-state index in [2.05, 4.69) is 5.10 Å². The molecule has 1 heterocycles. The highest BCUT2D eigenvalue weighted by Gasteiger charge is 2.16. The maximum atomic E-state index is 10.6. The minimum Gasteiger partial charge on any atom is -0.480 e. The molecule has 1 aromatic rings. The van der Waals surface area contributed by atoms with Crippen LogP contribution in [-0.4, -0.2) is 32.7 Å². The Labute approximate surface area is 116 Å². The molecule has 102 valence electrons. The fourth-order valence-electron chi connectivity index (χ4n) is 1.51. The zero-order valence-corrected chi connectivity index (χ0v) is 12.1. The number of aryl methyl sites for hydroxylation is 2. The van der Waals surface area contributed by atoms with E-state index < -0.39 is 12.0 Å². The van der Waals surface area contributed by atoms with Gasteiger partial charge in [0.05, 0.1) is 16.4 Å². The Kier molecular flexibility index (Phi) is 5.98. The number of nitrogens with zero attached hydrogens (tertiary/aromatic N) is 2. The van der Waals surface area contributed by atoms with Gasteiger partial charge in [0, 0.05) is 18.1 Å².